The van der Waals surface area contributed by atoms with Gasteiger partial charge in [0.15, 0.2) is 0 Å². The normalized spacial score (nSPS) is 11.7. The van der Waals surface area contributed by atoms with Crippen LogP contribution < -0.4 is 5.32 Å². The molecule has 0 amide bonds. The van der Waals surface area contributed by atoms with Gasteiger partial charge in [-0.25, -0.2) is 0 Å². The standard InChI is InChI=1S/C14H19NO2S/c1-8(2)11-5-12(14(17)6-13(11)16)9(3)7-15-10(4)18/h5-8,16-17H,1-4H3,(H,15,18)/b9-7+. The second-order valence-corrected chi connectivity index (χ2v) is 5.22. The second kappa shape index (κ2) is 5.87. The van der Waals surface area contributed by atoms with Crippen molar-refractivity contribution < 1.29 is 10.2 Å². The van der Waals surface area contributed by atoms with Gasteiger partial charge in [0.2, 0.25) is 0 Å². The number of nitrogens with one attached hydrogen (secondary N) is 1. The molecule has 0 aromatic heterocycles. The number of aromatic hydroxyl groups is 2. The fraction of sp³-hybridized carbons (Fsp3) is 0.357. The molecule has 3 N–H and O–H groups in total. The molecule has 0 saturated carbocycles. The number of rotatable bonds is 3. The van der Waals surface area contributed by atoms with Gasteiger partial charge in [-0.1, -0.05) is 26.1 Å². The van der Waals surface area contributed by atoms with Gasteiger partial charge in [-0.05, 0) is 37.0 Å². The van der Waals surface area contributed by atoms with E-state index >= 15 is 0 Å². The van der Waals surface area contributed by atoms with Crippen molar-refractivity contribution in [3.63, 3.8) is 0 Å². The van der Waals surface area contributed by atoms with E-state index in [-0.39, 0.29) is 17.4 Å². The molecule has 0 heterocycles. The van der Waals surface area contributed by atoms with E-state index in [1.807, 2.05) is 26.8 Å². The summed E-state index contributed by atoms with van der Waals surface area (Å²) in [6.07, 6.45) is 1.75. The molecule has 0 spiro atoms. The first-order valence-corrected chi connectivity index (χ1v) is 6.24. The number of allylic oxidation sites excluding steroid dienone is 1. The van der Waals surface area contributed by atoms with Crippen molar-refractivity contribution in [3.8, 4) is 11.5 Å². The maximum absolute atomic E-state index is 9.87. The summed E-state index contributed by atoms with van der Waals surface area (Å²) in [5.41, 5.74) is 2.37. The Morgan fingerprint density at radius 1 is 1.22 bits per heavy atom. The number of hydrogen-bond donors (Lipinski definition) is 3. The Labute approximate surface area is 113 Å². The van der Waals surface area contributed by atoms with Crippen molar-refractivity contribution in [3.05, 3.63) is 29.5 Å². The van der Waals surface area contributed by atoms with E-state index in [0.29, 0.717) is 10.6 Å². The highest BCUT2D eigenvalue weighted by molar-refractivity contribution is 7.80. The average Bonchev–Trinajstić information content (AvgIpc) is 2.25. The van der Waals surface area contributed by atoms with E-state index in [1.165, 1.54) is 6.07 Å². The summed E-state index contributed by atoms with van der Waals surface area (Å²) < 4.78 is 0. The van der Waals surface area contributed by atoms with Crippen molar-refractivity contribution in [2.24, 2.45) is 0 Å². The van der Waals surface area contributed by atoms with Gasteiger partial charge < -0.3 is 15.5 Å². The molecule has 1 rings (SSSR count). The van der Waals surface area contributed by atoms with Crippen LogP contribution in [-0.4, -0.2) is 15.2 Å². The van der Waals surface area contributed by atoms with Crippen LogP contribution in [0.25, 0.3) is 5.57 Å². The predicted octanol–water partition coefficient (Wildman–Crippen LogP) is 3.52. The maximum atomic E-state index is 9.87. The minimum atomic E-state index is 0.0643. The van der Waals surface area contributed by atoms with Gasteiger partial charge >= 0.3 is 0 Å². The fourth-order valence-electron chi connectivity index (χ4n) is 1.66. The van der Waals surface area contributed by atoms with Gasteiger partial charge in [0.1, 0.15) is 11.5 Å². The van der Waals surface area contributed by atoms with Crippen molar-refractivity contribution >= 4 is 22.8 Å². The summed E-state index contributed by atoms with van der Waals surface area (Å²) in [6, 6.07) is 3.19. The van der Waals surface area contributed by atoms with E-state index in [1.54, 1.807) is 13.1 Å². The van der Waals surface area contributed by atoms with E-state index in [4.69, 9.17) is 12.2 Å². The topological polar surface area (TPSA) is 52.5 Å². The molecule has 0 radical (unpaired) electrons. The maximum Gasteiger partial charge on any atom is 0.126 e. The zero-order chi connectivity index (χ0) is 13.9. The van der Waals surface area contributed by atoms with E-state index in [0.717, 1.165) is 11.1 Å². The highest BCUT2D eigenvalue weighted by atomic mass is 32.1. The lowest BCUT2D eigenvalue weighted by molar-refractivity contribution is 0.443. The molecule has 0 fully saturated rings. The highest BCUT2D eigenvalue weighted by Gasteiger charge is 2.12. The molecule has 1 aromatic carbocycles. The Morgan fingerprint density at radius 2 is 1.83 bits per heavy atom. The van der Waals surface area contributed by atoms with Crippen LogP contribution in [0, 0.1) is 0 Å². The van der Waals surface area contributed by atoms with Crippen LogP contribution >= 0.6 is 12.2 Å². The van der Waals surface area contributed by atoms with Crippen LogP contribution in [0.15, 0.2) is 18.3 Å². The third-order valence-electron chi connectivity index (χ3n) is 2.68. The first-order chi connectivity index (χ1) is 8.32. The van der Waals surface area contributed by atoms with Crippen molar-refractivity contribution in [2.75, 3.05) is 0 Å². The van der Waals surface area contributed by atoms with Crippen LogP contribution in [0.1, 0.15) is 44.7 Å². The van der Waals surface area contributed by atoms with E-state index < -0.39 is 0 Å². The van der Waals surface area contributed by atoms with Crippen molar-refractivity contribution in [2.45, 2.75) is 33.6 Å². The third-order valence-corrected chi connectivity index (χ3v) is 2.80. The van der Waals surface area contributed by atoms with Gasteiger partial charge in [0.05, 0.1) is 4.99 Å². The van der Waals surface area contributed by atoms with Gasteiger partial charge in [0.25, 0.3) is 0 Å². The molecule has 0 bridgehead atoms. The first kappa shape index (κ1) is 14.5. The third kappa shape index (κ3) is 3.47. The summed E-state index contributed by atoms with van der Waals surface area (Å²) in [5, 5.41) is 22.6. The molecule has 0 atom stereocenters. The fourth-order valence-corrected chi connectivity index (χ4v) is 1.72. The Balaban J connectivity index is 3.20. The molecule has 18 heavy (non-hydrogen) atoms. The van der Waals surface area contributed by atoms with Gasteiger partial charge in [-0.3, -0.25) is 0 Å². The summed E-state index contributed by atoms with van der Waals surface area (Å²) in [4.78, 5) is 0.664. The van der Waals surface area contributed by atoms with Crippen LogP contribution in [0.4, 0.5) is 0 Å². The van der Waals surface area contributed by atoms with E-state index in [2.05, 4.69) is 5.32 Å². The monoisotopic (exact) mass is 265 g/mol. The lowest BCUT2D eigenvalue weighted by Gasteiger charge is -2.13. The summed E-state index contributed by atoms with van der Waals surface area (Å²) >= 11 is 4.93. The van der Waals surface area contributed by atoms with Gasteiger partial charge in [-0.15, -0.1) is 0 Å². The second-order valence-electron chi connectivity index (χ2n) is 4.61. The minimum absolute atomic E-state index is 0.0643. The number of phenols is 2. The largest absolute Gasteiger partial charge is 0.508 e. The Kier molecular flexibility index (Phi) is 4.73. The Hall–Kier alpha value is -1.55. The molecule has 0 unspecified atom stereocenters. The number of hydrogen-bond acceptors (Lipinski definition) is 3. The zero-order valence-corrected chi connectivity index (χ0v) is 11.9. The summed E-state index contributed by atoms with van der Waals surface area (Å²) in [7, 11) is 0. The molecule has 3 nitrogen and oxygen atoms in total. The highest BCUT2D eigenvalue weighted by Crippen LogP contribution is 2.35. The predicted molar refractivity (Wildman–Crippen MR) is 78.9 cm³/mol. The Bertz CT molecular complexity index is 493. The number of phenolic OH excluding ortho intramolecular Hbond substituents is 2. The quantitative estimate of drug-likeness (QED) is 0.732. The molecule has 0 aliphatic rings. The number of benzene rings is 1. The van der Waals surface area contributed by atoms with Crippen molar-refractivity contribution in [1.29, 1.82) is 0 Å². The molecular weight excluding hydrogens is 246 g/mol. The number of thiocarbonyl (C=S) groups is 1. The molecule has 4 heteroatoms. The van der Waals surface area contributed by atoms with Crippen LogP contribution in [-0.2, 0) is 0 Å². The molecule has 1 aromatic rings. The SMILES string of the molecule is CC(=S)N/C=C(\C)c1cc(C(C)C)c(O)cc1O. The summed E-state index contributed by atoms with van der Waals surface area (Å²) in [5.74, 6) is 0.379. The zero-order valence-electron chi connectivity index (χ0n) is 11.1. The molecule has 0 aliphatic carbocycles. The molecule has 98 valence electrons. The summed E-state index contributed by atoms with van der Waals surface area (Å²) in [6.45, 7) is 7.65. The molecular formula is C14H19NO2S. The molecule has 0 aliphatic heterocycles. The average molecular weight is 265 g/mol. The lowest BCUT2D eigenvalue weighted by Crippen LogP contribution is -2.10. The smallest absolute Gasteiger partial charge is 0.126 e. The van der Waals surface area contributed by atoms with Crippen LogP contribution in [0.3, 0.4) is 0 Å². The van der Waals surface area contributed by atoms with E-state index in [9.17, 15) is 10.2 Å². The minimum Gasteiger partial charge on any atom is -0.508 e. The molecule has 0 saturated heterocycles. The van der Waals surface area contributed by atoms with Crippen LogP contribution in [0.2, 0.25) is 0 Å². The first-order valence-electron chi connectivity index (χ1n) is 5.83. The van der Waals surface area contributed by atoms with Crippen molar-refractivity contribution in [1.82, 2.24) is 5.32 Å². The van der Waals surface area contributed by atoms with Crippen LogP contribution in [0.5, 0.6) is 11.5 Å². The Morgan fingerprint density at radius 3 is 2.33 bits per heavy atom. The van der Waals surface area contributed by atoms with Gasteiger partial charge in [-0.2, -0.15) is 0 Å². The van der Waals surface area contributed by atoms with Gasteiger partial charge in [0, 0.05) is 17.8 Å². The lowest BCUT2D eigenvalue weighted by atomic mass is 9.96.